The standard InChI is InChI=1S/C10H15N5O3S/c1-15(7-3-5-19(17,18)6-7)10-8(9(11)14-16)2-4-12-13-10/h2,4,7,16H,3,5-6H2,1H3,(H2,11,14). The highest BCUT2D eigenvalue weighted by molar-refractivity contribution is 7.91. The molecule has 2 rings (SSSR count). The zero-order chi connectivity index (χ0) is 14.0. The summed E-state index contributed by atoms with van der Waals surface area (Å²) in [4.78, 5) is 1.71. The summed E-state index contributed by atoms with van der Waals surface area (Å²) in [5.41, 5.74) is 5.99. The Kier molecular flexibility index (Phi) is 3.56. The average Bonchev–Trinajstić information content (AvgIpc) is 2.77. The molecule has 1 saturated heterocycles. The van der Waals surface area contributed by atoms with Crippen LogP contribution in [0.25, 0.3) is 0 Å². The van der Waals surface area contributed by atoms with E-state index < -0.39 is 9.84 Å². The third kappa shape index (κ3) is 2.75. The summed E-state index contributed by atoms with van der Waals surface area (Å²) in [6.45, 7) is 0. The molecule has 19 heavy (non-hydrogen) atoms. The van der Waals surface area contributed by atoms with Crippen LogP contribution in [0.5, 0.6) is 0 Å². The van der Waals surface area contributed by atoms with Crippen molar-refractivity contribution in [3.63, 3.8) is 0 Å². The van der Waals surface area contributed by atoms with E-state index >= 15 is 0 Å². The number of oxime groups is 1. The van der Waals surface area contributed by atoms with Gasteiger partial charge in [-0.3, -0.25) is 0 Å². The van der Waals surface area contributed by atoms with Crippen LogP contribution in [0.4, 0.5) is 5.82 Å². The van der Waals surface area contributed by atoms with Gasteiger partial charge >= 0.3 is 0 Å². The van der Waals surface area contributed by atoms with Crippen molar-refractivity contribution in [3.05, 3.63) is 17.8 Å². The zero-order valence-corrected chi connectivity index (χ0v) is 11.2. The first-order chi connectivity index (χ1) is 8.94. The van der Waals surface area contributed by atoms with E-state index in [9.17, 15) is 8.42 Å². The minimum absolute atomic E-state index is 0.0791. The van der Waals surface area contributed by atoms with Crippen LogP contribution in [-0.4, -0.2) is 54.3 Å². The Morgan fingerprint density at radius 1 is 1.63 bits per heavy atom. The summed E-state index contributed by atoms with van der Waals surface area (Å²) < 4.78 is 23.0. The van der Waals surface area contributed by atoms with Gasteiger partial charge in [-0.1, -0.05) is 5.16 Å². The van der Waals surface area contributed by atoms with Crippen molar-refractivity contribution in [2.24, 2.45) is 10.9 Å². The van der Waals surface area contributed by atoms with Gasteiger partial charge in [0.2, 0.25) is 0 Å². The molecule has 1 aromatic rings. The Hall–Kier alpha value is -1.90. The first-order valence-corrected chi connectivity index (χ1v) is 7.49. The molecule has 1 unspecified atom stereocenters. The van der Waals surface area contributed by atoms with Crippen LogP contribution < -0.4 is 10.6 Å². The molecule has 0 aromatic carbocycles. The van der Waals surface area contributed by atoms with E-state index in [0.717, 1.165) is 0 Å². The van der Waals surface area contributed by atoms with Crippen LogP contribution >= 0.6 is 0 Å². The molecule has 1 fully saturated rings. The van der Waals surface area contributed by atoms with Crippen molar-refractivity contribution in [3.8, 4) is 0 Å². The SMILES string of the molecule is CN(c1nnccc1/C(N)=N/O)C1CCS(=O)(=O)C1. The molecule has 0 radical (unpaired) electrons. The van der Waals surface area contributed by atoms with Gasteiger partial charge in [0.05, 0.1) is 23.3 Å². The van der Waals surface area contributed by atoms with Crippen molar-refractivity contribution in [1.82, 2.24) is 10.2 Å². The number of nitrogens with two attached hydrogens (primary N) is 1. The summed E-state index contributed by atoms with van der Waals surface area (Å²) in [7, 11) is -1.26. The Balaban J connectivity index is 2.32. The maximum absolute atomic E-state index is 11.5. The van der Waals surface area contributed by atoms with Gasteiger partial charge in [0.1, 0.15) is 0 Å². The molecule has 1 aliphatic rings. The van der Waals surface area contributed by atoms with Crippen LogP contribution in [0.15, 0.2) is 17.4 Å². The zero-order valence-electron chi connectivity index (χ0n) is 10.4. The van der Waals surface area contributed by atoms with E-state index in [1.54, 1.807) is 18.0 Å². The van der Waals surface area contributed by atoms with Crippen LogP contribution in [-0.2, 0) is 9.84 Å². The number of aromatic nitrogens is 2. The highest BCUT2D eigenvalue weighted by Gasteiger charge is 2.32. The minimum Gasteiger partial charge on any atom is -0.409 e. The second-order valence-corrected chi connectivity index (χ2v) is 6.65. The van der Waals surface area contributed by atoms with Crippen molar-refractivity contribution in [2.45, 2.75) is 12.5 Å². The molecule has 0 bridgehead atoms. The highest BCUT2D eigenvalue weighted by Crippen LogP contribution is 2.23. The lowest BCUT2D eigenvalue weighted by Gasteiger charge is -2.25. The molecule has 2 heterocycles. The Bertz CT molecular complexity index is 601. The molecule has 0 aliphatic carbocycles. The summed E-state index contributed by atoms with van der Waals surface area (Å²) in [5, 5.41) is 19.4. The highest BCUT2D eigenvalue weighted by atomic mass is 32.2. The second-order valence-electron chi connectivity index (χ2n) is 4.42. The third-order valence-electron chi connectivity index (χ3n) is 3.18. The normalized spacial score (nSPS) is 22.4. The number of sulfone groups is 1. The fraction of sp³-hybridized carbons (Fsp3) is 0.500. The van der Waals surface area contributed by atoms with Crippen LogP contribution in [0.1, 0.15) is 12.0 Å². The molecule has 8 nitrogen and oxygen atoms in total. The first-order valence-electron chi connectivity index (χ1n) is 5.67. The third-order valence-corrected chi connectivity index (χ3v) is 4.93. The van der Waals surface area contributed by atoms with E-state index in [1.165, 1.54) is 6.20 Å². The van der Waals surface area contributed by atoms with E-state index in [0.29, 0.717) is 17.8 Å². The van der Waals surface area contributed by atoms with Gasteiger partial charge in [-0.2, -0.15) is 5.10 Å². The molecular weight excluding hydrogens is 270 g/mol. The van der Waals surface area contributed by atoms with E-state index in [2.05, 4.69) is 15.4 Å². The van der Waals surface area contributed by atoms with Crippen LogP contribution in [0, 0.1) is 0 Å². The largest absolute Gasteiger partial charge is 0.409 e. The summed E-state index contributed by atoms with van der Waals surface area (Å²) in [6.07, 6.45) is 1.96. The average molecular weight is 285 g/mol. The molecular formula is C10H15N5O3S. The number of hydrogen-bond donors (Lipinski definition) is 2. The van der Waals surface area contributed by atoms with Crippen molar-refractivity contribution >= 4 is 21.5 Å². The van der Waals surface area contributed by atoms with E-state index in [1.807, 2.05) is 0 Å². The molecule has 1 aromatic heterocycles. The monoisotopic (exact) mass is 285 g/mol. The van der Waals surface area contributed by atoms with Gasteiger partial charge in [0.15, 0.2) is 21.5 Å². The minimum atomic E-state index is -2.99. The predicted molar refractivity (Wildman–Crippen MR) is 70.0 cm³/mol. The number of anilines is 1. The Labute approximate surface area is 110 Å². The molecule has 0 spiro atoms. The fourth-order valence-corrected chi connectivity index (χ4v) is 3.87. The summed E-state index contributed by atoms with van der Waals surface area (Å²) in [6, 6.07) is 1.39. The van der Waals surface area contributed by atoms with Gasteiger partial charge in [-0.25, -0.2) is 8.42 Å². The number of nitrogens with zero attached hydrogens (tertiary/aromatic N) is 4. The number of rotatable bonds is 3. The maximum Gasteiger partial charge on any atom is 0.173 e. The lowest BCUT2D eigenvalue weighted by molar-refractivity contribution is 0.318. The van der Waals surface area contributed by atoms with Gasteiger partial charge in [0, 0.05) is 13.1 Å². The Morgan fingerprint density at radius 3 is 2.95 bits per heavy atom. The van der Waals surface area contributed by atoms with E-state index in [4.69, 9.17) is 10.9 Å². The van der Waals surface area contributed by atoms with Crippen molar-refractivity contribution in [2.75, 3.05) is 23.5 Å². The smallest absolute Gasteiger partial charge is 0.173 e. The van der Waals surface area contributed by atoms with Crippen molar-refractivity contribution in [1.29, 1.82) is 0 Å². The lowest BCUT2D eigenvalue weighted by Crippen LogP contribution is -2.35. The molecule has 3 N–H and O–H groups in total. The van der Waals surface area contributed by atoms with Crippen molar-refractivity contribution < 1.29 is 13.6 Å². The molecule has 1 aliphatic heterocycles. The van der Waals surface area contributed by atoms with E-state index in [-0.39, 0.29) is 23.4 Å². The second kappa shape index (κ2) is 5.00. The predicted octanol–water partition coefficient (Wildman–Crippen LogP) is -0.806. The molecule has 104 valence electrons. The Morgan fingerprint density at radius 2 is 2.37 bits per heavy atom. The van der Waals surface area contributed by atoms with Crippen LogP contribution in [0.3, 0.4) is 0 Å². The summed E-state index contributed by atoms with van der Waals surface area (Å²) in [5.74, 6) is 0.564. The number of hydrogen-bond acceptors (Lipinski definition) is 7. The molecule has 0 amide bonds. The number of amidine groups is 1. The molecule has 9 heteroatoms. The van der Waals surface area contributed by atoms with Crippen LogP contribution in [0.2, 0.25) is 0 Å². The topological polar surface area (TPSA) is 122 Å². The van der Waals surface area contributed by atoms with Gasteiger partial charge in [0.25, 0.3) is 0 Å². The first kappa shape index (κ1) is 13.5. The van der Waals surface area contributed by atoms with Gasteiger partial charge in [-0.15, -0.1) is 5.10 Å². The van der Waals surface area contributed by atoms with Gasteiger partial charge in [-0.05, 0) is 12.5 Å². The molecule has 0 saturated carbocycles. The summed E-state index contributed by atoms with van der Waals surface area (Å²) >= 11 is 0. The maximum atomic E-state index is 11.5. The molecule has 1 atom stereocenters. The quantitative estimate of drug-likeness (QED) is 0.322. The lowest BCUT2D eigenvalue weighted by atomic mass is 10.2. The fourth-order valence-electron chi connectivity index (χ4n) is 2.09. The van der Waals surface area contributed by atoms with Gasteiger partial charge < -0.3 is 15.8 Å².